The van der Waals surface area contributed by atoms with Crippen molar-refractivity contribution in [3.8, 4) is 6.07 Å². The van der Waals surface area contributed by atoms with E-state index in [1.807, 2.05) is 6.92 Å². The molecule has 0 radical (unpaired) electrons. The molecule has 16 heavy (non-hydrogen) atoms. The Bertz CT molecular complexity index is 392. The normalized spacial score (nSPS) is 11.5. The van der Waals surface area contributed by atoms with Gasteiger partial charge in [0.15, 0.2) is 0 Å². The SMILES string of the molecule is CCC(CC#N)Nc1ccc(C(N)=O)cc1. The molecule has 0 aliphatic carbocycles. The van der Waals surface area contributed by atoms with E-state index < -0.39 is 5.91 Å². The first-order chi connectivity index (χ1) is 7.67. The molecule has 0 fully saturated rings. The number of anilines is 1. The van der Waals surface area contributed by atoms with Crippen LogP contribution in [0.1, 0.15) is 30.1 Å². The molecule has 0 heterocycles. The van der Waals surface area contributed by atoms with E-state index in [0.29, 0.717) is 12.0 Å². The van der Waals surface area contributed by atoms with Crippen molar-refractivity contribution in [3.05, 3.63) is 29.8 Å². The Morgan fingerprint density at radius 3 is 2.56 bits per heavy atom. The van der Waals surface area contributed by atoms with Gasteiger partial charge >= 0.3 is 0 Å². The van der Waals surface area contributed by atoms with Crippen LogP contribution in [0.15, 0.2) is 24.3 Å². The standard InChI is InChI=1S/C12H15N3O/c1-2-10(7-8-13)15-11-5-3-9(4-6-11)12(14)16/h3-6,10,15H,2,7H2,1H3,(H2,14,16). The highest BCUT2D eigenvalue weighted by Crippen LogP contribution is 2.12. The fourth-order valence-corrected chi connectivity index (χ4v) is 1.37. The predicted molar refractivity (Wildman–Crippen MR) is 62.9 cm³/mol. The summed E-state index contributed by atoms with van der Waals surface area (Å²) >= 11 is 0. The van der Waals surface area contributed by atoms with Crippen LogP contribution < -0.4 is 11.1 Å². The molecule has 0 aromatic heterocycles. The molecule has 0 aliphatic rings. The van der Waals surface area contributed by atoms with E-state index in [-0.39, 0.29) is 6.04 Å². The van der Waals surface area contributed by atoms with E-state index in [4.69, 9.17) is 11.0 Å². The summed E-state index contributed by atoms with van der Waals surface area (Å²) in [5, 5.41) is 11.8. The van der Waals surface area contributed by atoms with E-state index in [1.54, 1.807) is 24.3 Å². The van der Waals surface area contributed by atoms with E-state index in [1.165, 1.54) is 0 Å². The Balaban J connectivity index is 2.68. The maximum atomic E-state index is 10.9. The van der Waals surface area contributed by atoms with Crippen molar-refractivity contribution in [1.82, 2.24) is 0 Å². The summed E-state index contributed by atoms with van der Waals surface area (Å²) in [7, 11) is 0. The van der Waals surface area contributed by atoms with E-state index in [9.17, 15) is 4.79 Å². The number of nitrogens with two attached hydrogens (primary N) is 1. The molecule has 4 nitrogen and oxygen atoms in total. The van der Waals surface area contributed by atoms with Crippen molar-refractivity contribution in [1.29, 1.82) is 5.26 Å². The Morgan fingerprint density at radius 1 is 1.50 bits per heavy atom. The van der Waals surface area contributed by atoms with Crippen LogP contribution in [0.5, 0.6) is 0 Å². The van der Waals surface area contributed by atoms with Crippen molar-refractivity contribution >= 4 is 11.6 Å². The second kappa shape index (κ2) is 5.76. The molecule has 0 saturated heterocycles. The van der Waals surface area contributed by atoms with Crippen LogP contribution in [-0.4, -0.2) is 11.9 Å². The lowest BCUT2D eigenvalue weighted by molar-refractivity contribution is 0.100. The second-order valence-corrected chi connectivity index (χ2v) is 3.55. The minimum atomic E-state index is -0.435. The summed E-state index contributed by atoms with van der Waals surface area (Å²) in [4.78, 5) is 10.9. The summed E-state index contributed by atoms with van der Waals surface area (Å²) in [5.74, 6) is -0.435. The monoisotopic (exact) mass is 217 g/mol. The largest absolute Gasteiger partial charge is 0.381 e. The summed E-state index contributed by atoms with van der Waals surface area (Å²) in [5.41, 5.74) is 6.52. The molecule has 1 aromatic carbocycles. The smallest absolute Gasteiger partial charge is 0.248 e. The van der Waals surface area contributed by atoms with Gasteiger partial charge < -0.3 is 11.1 Å². The van der Waals surface area contributed by atoms with Crippen molar-refractivity contribution in [2.75, 3.05) is 5.32 Å². The van der Waals surface area contributed by atoms with Crippen LogP contribution in [-0.2, 0) is 0 Å². The number of hydrogen-bond acceptors (Lipinski definition) is 3. The number of amides is 1. The van der Waals surface area contributed by atoms with Gasteiger partial charge in [0.1, 0.15) is 0 Å². The van der Waals surface area contributed by atoms with Gasteiger partial charge in [0.05, 0.1) is 12.5 Å². The zero-order chi connectivity index (χ0) is 12.0. The molecular formula is C12H15N3O. The number of hydrogen-bond donors (Lipinski definition) is 2. The highest BCUT2D eigenvalue weighted by molar-refractivity contribution is 5.93. The third-order valence-corrected chi connectivity index (χ3v) is 2.37. The Hall–Kier alpha value is -2.02. The van der Waals surface area contributed by atoms with Crippen LogP contribution >= 0.6 is 0 Å². The molecule has 1 atom stereocenters. The number of benzene rings is 1. The maximum absolute atomic E-state index is 10.9. The minimum absolute atomic E-state index is 0.143. The van der Waals surface area contributed by atoms with Crippen LogP contribution in [0.4, 0.5) is 5.69 Å². The molecule has 0 saturated carbocycles. The number of carbonyl (C=O) groups excluding carboxylic acids is 1. The summed E-state index contributed by atoms with van der Waals surface area (Å²) in [6.45, 7) is 2.02. The number of carbonyl (C=O) groups is 1. The van der Waals surface area contributed by atoms with Crippen LogP contribution in [0.2, 0.25) is 0 Å². The predicted octanol–water partition coefficient (Wildman–Crippen LogP) is 1.89. The summed E-state index contributed by atoms with van der Waals surface area (Å²) < 4.78 is 0. The summed E-state index contributed by atoms with van der Waals surface area (Å²) in [6, 6.07) is 9.20. The molecule has 1 amide bonds. The van der Waals surface area contributed by atoms with Gasteiger partial charge in [-0.15, -0.1) is 0 Å². The number of nitriles is 1. The number of rotatable bonds is 5. The summed E-state index contributed by atoms with van der Waals surface area (Å²) in [6.07, 6.45) is 1.35. The highest BCUT2D eigenvalue weighted by atomic mass is 16.1. The zero-order valence-corrected chi connectivity index (χ0v) is 9.23. The second-order valence-electron chi connectivity index (χ2n) is 3.55. The first kappa shape index (κ1) is 12.1. The van der Waals surface area contributed by atoms with Crippen molar-refractivity contribution in [2.24, 2.45) is 5.73 Å². The molecule has 0 spiro atoms. The van der Waals surface area contributed by atoms with Gasteiger partial charge in [-0.2, -0.15) is 5.26 Å². The maximum Gasteiger partial charge on any atom is 0.248 e. The molecular weight excluding hydrogens is 202 g/mol. The van der Waals surface area contributed by atoms with E-state index in [2.05, 4.69) is 11.4 Å². The topological polar surface area (TPSA) is 78.9 Å². The average molecular weight is 217 g/mol. The molecule has 1 unspecified atom stereocenters. The van der Waals surface area contributed by atoms with E-state index in [0.717, 1.165) is 12.1 Å². The minimum Gasteiger partial charge on any atom is -0.381 e. The number of nitrogens with one attached hydrogen (secondary N) is 1. The van der Waals surface area contributed by atoms with Crippen molar-refractivity contribution in [3.63, 3.8) is 0 Å². The van der Waals surface area contributed by atoms with Crippen molar-refractivity contribution < 1.29 is 4.79 Å². The third kappa shape index (κ3) is 3.28. The quantitative estimate of drug-likeness (QED) is 0.790. The number of primary amides is 1. The zero-order valence-electron chi connectivity index (χ0n) is 9.23. The molecule has 3 N–H and O–H groups in total. The van der Waals surface area contributed by atoms with Gasteiger partial charge in [0.2, 0.25) is 5.91 Å². The molecule has 4 heteroatoms. The van der Waals surface area contributed by atoms with Gasteiger partial charge in [-0.1, -0.05) is 6.92 Å². The Labute approximate surface area is 95.1 Å². The fourth-order valence-electron chi connectivity index (χ4n) is 1.37. The first-order valence-electron chi connectivity index (χ1n) is 5.20. The lowest BCUT2D eigenvalue weighted by atomic mass is 10.1. The fraction of sp³-hybridized carbons (Fsp3) is 0.333. The van der Waals surface area contributed by atoms with Crippen molar-refractivity contribution in [2.45, 2.75) is 25.8 Å². The first-order valence-corrected chi connectivity index (χ1v) is 5.20. The van der Waals surface area contributed by atoms with Gasteiger partial charge in [0, 0.05) is 17.3 Å². The molecule has 84 valence electrons. The van der Waals surface area contributed by atoms with Crippen LogP contribution in [0.3, 0.4) is 0 Å². The highest BCUT2D eigenvalue weighted by Gasteiger charge is 2.05. The molecule has 0 aliphatic heterocycles. The van der Waals surface area contributed by atoms with Gasteiger partial charge in [0.25, 0.3) is 0 Å². The molecule has 1 aromatic rings. The van der Waals surface area contributed by atoms with Gasteiger partial charge in [-0.05, 0) is 30.7 Å². The van der Waals surface area contributed by atoms with Crippen LogP contribution in [0.25, 0.3) is 0 Å². The lowest BCUT2D eigenvalue weighted by Gasteiger charge is -2.14. The Kier molecular flexibility index (Phi) is 4.34. The van der Waals surface area contributed by atoms with E-state index >= 15 is 0 Å². The third-order valence-electron chi connectivity index (χ3n) is 2.37. The Morgan fingerprint density at radius 2 is 2.12 bits per heavy atom. The van der Waals surface area contributed by atoms with Gasteiger partial charge in [-0.25, -0.2) is 0 Å². The molecule has 0 bridgehead atoms. The van der Waals surface area contributed by atoms with Gasteiger partial charge in [-0.3, -0.25) is 4.79 Å². The lowest BCUT2D eigenvalue weighted by Crippen LogP contribution is -2.17. The average Bonchev–Trinajstić information content (AvgIpc) is 2.29. The molecule has 1 rings (SSSR count). The van der Waals surface area contributed by atoms with Crippen LogP contribution in [0, 0.1) is 11.3 Å². The number of nitrogens with zero attached hydrogens (tertiary/aromatic N) is 1.